The van der Waals surface area contributed by atoms with Crippen molar-refractivity contribution in [3.8, 4) is 0 Å². The van der Waals surface area contributed by atoms with Crippen LogP contribution in [-0.4, -0.2) is 24.9 Å². The fourth-order valence-electron chi connectivity index (χ4n) is 2.70. The minimum absolute atomic E-state index is 0.0221. The average molecular weight is 389 g/mol. The number of nitrogens with one attached hydrogen (secondary N) is 3. The van der Waals surface area contributed by atoms with Gasteiger partial charge >= 0.3 is 6.03 Å². The Morgan fingerprint density at radius 3 is 2.48 bits per heavy atom. The minimum Gasteiger partial charge on any atom is -0.355 e. The summed E-state index contributed by atoms with van der Waals surface area (Å²) < 4.78 is 0. The van der Waals surface area contributed by atoms with Crippen molar-refractivity contribution in [2.75, 3.05) is 12.4 Å². The molecule has 1 unspecified atom stereocenters. The molecule has 2 rings (SSSR count). The van der Waals surface area contributed by atoms with Crippen LogP contribution in [0.4, 0.5) is 10.5 Å². The van der Waals surface area contributed by atoms with E-state index in [1.54, 1.807) is 6.07 Å². The molecule has 27 heavy (non-hydrogen) atoms. The van der Waals surface area contributed by atoms with Crippen LogP contribution in [0.1, 0.15) is 33.9 Å². The summed E-state index contributed by atoms with van der Waals surface area (Å²) in [5.74, 6) is -0.702. The summed E-state index contributed by atoms with van der Waals surface area (Å²) in [5.41, 5.74) is 7.66. The van der Waals surface area contributed by atoms with Gasteiger partial charge in [0.1, 0.15) is 0 Å². The number of carbonyl (C=O) groups excluding carboxylic acids is 3. The van der Waals surface area contributed by atoms with E-state index in [1.165, 1.54) is 19.2 Å². The van der Waals surface area contributed by atoms with Crippen molar-refractivity contribution in [1.82, 2.24) is 10.6 Å². The number of hydrogen-bond acceptors (Lipinski definition) is 3. The molecule has 2 aromatic rings. The molecular weight excluding hydrogens is 368 g/mol. The third kappa shape index (κ3) is 5.46. The van der Waals surface area contributed by atoms with Crippen LogP contribution in [0.15, 0.2) is 42.5 Å². The highest BCUT2D eigenvalue weighted by molar-refractivity contribution is 6.34. The Morgan fingerprint density at radius 2 is 1.85 bits per heavy atom. The number of carbonyl (C=O) groups is 3. The molecule has 8 heteroatoms. The first-order valence-corrected chi connectivity index (χ1v) is 8.62. The van der Waals surface area contributed by atoms with Crippen LogP contribution < -0.4 is 21.7 Å². The number of amides is 4. The third-order valence-electron chi connectivity index (χ3n) is 3.99. The molecule has 0 saturated carbocycles. The standard InChI is InChI=1S/C19H21ClN4O3/c1-11-5-3-4-6-13(11)16(24-19(21)27)10-17(25)23-12-7-8-15(20)14(9-12)18(26)22-2/h3-9,16H,10H2,1-2H3,(H,22,26)(H,23,25)(H3,21,24,27). The van der Waals surface area contributed by atoms with E-state index in [2.05, 4.69) is 16.0 Å². The SMILES string of the molecule is CNC(=O)c1cc(NC(=O)CC(NC(N)=O)c2ccccc2C)ccc1Cl. The number of primary amides is 1. The Hall–Kier alpha value is -3.06. The number of rotatable bonds is 6. The van der Waals surface area contributed by atoms with Gasteiger partial charge in [0, 0.05) is 12.7 Å². The van der Waals surface area contributed by atoms with Crippen molar-refractivity contribution in [1.29, 1.82) is 0 Å². The highest BCUT2D eigenvalue weighted by Gasteiger charge is 2.19. The van der Waals surface area contributed by atoms with Crippen molar-refractivity contribution in [2.45, 2.75) is 19.4 Å². The summed E-state index contributed by atoms with van der Waals surface area (Å²) in [7, 11) is 1.49. The molecule has 5 N–H and O–H groups in total. The van der Waals surface area contributed by atoms with Gasteiger partial charge in [-0.05, 0) is 36.2 Å². The third-order valence-corrected chi connectivity index (χ3v) is 4.32. The van der Waals surface area contributed by atoms with Crippen LogP contribution in [-0.2, 0) is 4.79 Å². The quantitative estimate of drug-likeness (QED) is 0.610. The van der Waals surface area contributed by atoms with Gasteiger partial charge in [0.25, 0.3) is 5.91 Å². The normalized spacial score (nSPS) is 11.4. The molecule has 0 aromatic heterocycles. The average Bonchev–Trinajstić information content (AvgIpc) is 2.62. The van der Waals surface area contributed by atoms with E-state index in [-0.39, 0.29) is 28.8 Å². The first-order valence-electron chi connectivity index (χ1n) is 8.24. The van der Waals surface area contributed by atoms with Gasteiger partial charge in [-0.1, -0.05) is 35.9 Å². The van der Waals surface area contributed by atoms with Gasteiger partial charge in [-0.2, -0.15) is 0 Å². The van der Waals surface area contributed by atoms with Gasteiger partial charge in [0.15, 0.2) is 0 Å². The van der Waals surface area contributed by atoms with Gasteiger partial charge in [0.05, 0.1) is 23.0 Å². The highest BCUT2D eigenvalue weighted by atomic mass is 35.5. The van der Waals surface area contributed by atoms with Gasteiger partial charge in [-0.15, -0.1) is 0 Å². The minimum atomic E-state index is -0.718. The van der Waals surface area contributed by atoms with E-state index in [9.17, 15) is 14.4 Å². The van der Waals surface area contributed by atoms with Crippen LogP contribution in [0.2, 0.25) is 5.02 Å². The Bertz CT molecular complexity index is 870. The summed E-state index contributed by atoms with van der Waals surface area (Å²) in [6.45, 7) is 1.89. The number of benzene rings is 2. The fraction of sp³-hybridized carbons (Fsp3) is 0.211. The van der Waals surface area contributed by atoms with Gasteiger partial charge in [-0.25, -0.2) is 4.79 Å². The van der Waals surface area contributed by atoms with E-state index in [0.29, 0.717) is 5.69 Å². The zero-order chi connectivity index (χ0) is 20.0. The fourth-order valence-corrected chi connectivity index (χ4v) is 2.90. The molecule has 4 amide bonds. The molecule has 2 aromatic carbocycles. The number of hydrogen-bond donors (Lipinski definition) is 4. The molecule has 142 valence electrons. The molecule has 0 spiro atoms. The molecule has 0 bridgehead atoms. The Kier molecular flexibility index (Phi) is 6.79. The first kappa shape index (κ1) is 20.3. The van der Waals surface area contributed by atoms with E-state index in [4.69, 9.17) is 17.3 Å². The monoisotopic (exact) mass is 388 g/mol. The molecule has 0 aliphatic carbocycles. The van der Waals surface area contributed by atoms with Gasteiger partial charge in [-0.3, -0.25) is 9.59 Å². The second-order valence-corrected chi connectivity index (χ2v) is 6.35. The second kappa shape index (κ2) is 9.05. The summed E-state index contributed by atoms with van der Waals surface area (Å²) in [5, 5.41) is 8.07. The molecule has 0 aliphatic heterocycles. The van der Waals surface area contributed by atoms with E-state index < -0.39 is 12.1 Å². The highest BCUT2D eigenvalue weighted by Crippen LogP contribution is 2.23. The van der Waals surface area contributed by atoms with Crippen LogP contribution in [0.25, 0.3) is 0 Å². The topological polar surface area (TPSA) is 113 Å². The van der Waals surface area contributed by atoms with Crippen molar-refractivity contribution in [3.63, 3.8) is 0 Å². The second-order valence-electron chi connectivity index (χ2n) is 5.94. The lowest BCUT2D eigenvalue weighted by Crippen LogP contribution is -2.35. The molecule has 0 aliphatic rings. The van der Waals surface area contributed by atoms with Crippen molar-refractivity contribution in [3.05, 3.63) is 64.2 Å². The summed E-state index contributed by atoms with van der Waals surface area (Å²) in [6.07, 6.45) is -0.0221. The van der Waals surface area contributed by atoms with E-state index >= 15 is 0 Å². The lowest BCUT2D eigenvalue weighted by molar-refractivity contribution is -0.116. The number of aryl methyl sites for hydroxylation is 1. The largest absolute Gasteiger partial charge is 0.355 e. The van der Waals surface area contributed by atoms with Crippen molar-refractivity contribution >= 4 is 35.1 Å². The lowest BCUT2D eigenvalue weighted by Gasteiger charge is -2.20. The Morgan fingerprint density at radius 1 is 1.15 bits per heavy atom. The Labute approximate surface area is 162 Å². The first-order chi connectivity index (χ1) is 12.8. The summed E-state index contributed by atoms with van der Waals surface area (Å²) in [6, 6.07) is 10.7. The van der Waals surface area contributed by atoms with Crippen LogP contribution in [0.3, 0.4) is 0 Å². The van der Waals surface area contributed by atoms with Crippen LogP contribution in [0, 0.1) is 6.92 Å². The van der Waals surface area contributed by atoms with Crippen molar-refractivity contribution < 1.29 is 14.4 Å². The van der Waals surface area contributed by atoms with Gasteiger partial charge < -0.3 is 21.7 Å². The van der Waals surface area contributed by atoms with Crippen molar-refractivity contribution in [2.24, 2.45) is 5.73 Å². The molecule has 0 radical (unpaired) electrons. The predicted molar refractivity (Wildman–Crippen MR) is 105 cm³/mol. The maximum atomic E-state index is 12.5. The maximum absolute atomic E-state index is 12.5. The van der Waals surface area contributed by atoms with Crippen LogP contribution in [0.5, 0.6) is 0 Å². The Balaban J connectivity index is 2.18. The van der Waals surface area contributed by atoms with E-state index in [0.717, 1.165) is 11.1 Å². The molecule has 7 nitrogen and oxygen atoms in total. The number of nitrogens with two attached hydrogens (primary N) is 1. The lowest BCUT2D eigenvalue weighted by atomic mass is 9.98. The molecular formula is C19H21ClN4O3. The number of anilines is 1. The van der Waals surface area contributed by atoms with Gasteiger partial charge in [0.2, 0.25) is 5.91 Å². The summed E-state index contributed by atoms with van der Waals surface area (Å²) >= 11 is 6.01. The maximum Gasteiger partial charge on any atom is 0.312 e. The number of halogens is 1. The van der Waals surface area contributed by atoms with E-state index in [1.807, 2.05) is 31.2 Å². The zero-order valence-electron chi connectivity index (χ0n) is 15.0. The molecule has 0 saturated heterocycles. The zero-order valence-corrected chi connectivity index (χ0v) is 15.8. The predicted octanol–water partition coefficient (Wildman–Crippen LogP) is 2.75. The molecule has 0 fully saturated rings. The summed E-state index contributed by atoms with van der Waals surface area (Å²) in [4.78, 5) is 35.7. The molecule has 0 heterocycles. The molecule has 1 atom stereocenters. The smallest absolute Gasteiger partial charge is 0.312 e. The number of urea groups is 1. The van der Waals surface area contributed by atoms with Crippen LogP contribution >= 0.6 is 11.6 Å².